The zero-order valence-corrected chi connectivity index (χ0v) is 16.8. The molecule has 0 aromatic heterocycles. The summed E-state index contributed by atoms with van der Waals surface area (Å²) in [6.07, 6.45) is 4.49. The van der Waals surface area contributed by atoms with Gasteiger partial charge in [-0.1, -0.05) is 13.3 Å². The summed E-state index contributed by atoms with van der Waals surface area (Å²) in [6, 6.07) is 5.05. The Morgan fingerprint density at radius 3 is 2.58 bits per heavy atom. The summed E-state index contributed by atoms with van der Waals surface area (Å²) >= 11 is 0. The lowest BCUT2D eigenvalue weighted by atomic mass is 10.1. The summed E-state index contributed by atoms with van der Waals surface area (Å²) in [5, 5.41) is 2.93. The van der Waals surface area contributed by atoms with E-state index in [9.17, 15) is 13.2 Å². The number of carbonyl (C=O) groups is 1. The van der Waals surface area contributed by atoms with Gasteiger partial charge in [0.1, 0.15) is 5.75 Å². The second-order valence-electron chi connectivity index (χ2n) is 6.82. The Bertz CT molecular complexity index is 712. The van der Waals surface area contributed by atoms with Crippen LogP contribution in [0.25, 0.3) is 0 Å². The van der Waals surface area contributed by atoms with Crippen molar-refractivity contribution in [3.63, 3.8) is 0 Å². The van der Waals surface area contributed by atoms with Gasteiger partial charge in [0.25, 0.3) is 0 Å². The number of rotatable bonds is 8. The van der Waals surface area contributed by atoms with Gasteiger partial charge in [-0.15, -0.1) is 0 Å². The molecule has 1 aromatic carbocycles. The van der Waals surface area contributed by atoms with Gasteiger partial charge >= 0.3 is 0 Å². The van der Waals surface area contributed by atoms with E-state index in [0.29, 0.717) is 31.7 Å². The van der Waals surface area contributed by atoms with E-state index in [1.54, 1.807) is 29.6 Å². The average molecular weight is 383 g/mol. The standard InChI is InChI=1S/C19H30N2O4S/c1-4-15(2)20-19(22)11-8-16-14-17(9-10-18(16)25-3)26(23,24)21-12-6-5-7-13-21/h9-10,14-15H,4-8,11-13H2,1-3H3,(H,20,22)/t15-/m1/s1. The van der Waals surface area contributed by atoms with Gasteiger partial charge in [-0.3, -0.25) is 4.79 Å². The fraction of sp³-hybridized carbons (Fsp3) is 0.632. The number of hydrogen-bond donors (Lipinski definition) is 1. The quantitative estimate of drug-likeness (QED) is 0.750. The van der Waals surface area contributed by atoms with Crippen LogP contribution in [-0.4, -0.2) is 44.9 Å². The van der Waals surface area contributed by atoms with E-state index in [1.165, 1.54) is 0 Å². The predicted molar refractivity (Wildman–Crippen MR) is 102 cm³/mol. The lowest BCUT2D eigenvalue weighted by Gasteiger charge is -2.26. The maximum Gasteiger partial charge on any atom is 0.243 e. The molecule has 7 heteroatoms. The first-order chi connectivity index (χ1) is 12.4. The van der Waals surface area contributed by atoms with E-state index in [0.717, 1.165) is 31.2 Å². The van der Waals surface area contributed by atoms with Crippen molar-refractivity contribution in [1.29, 1.82) is 0 Å². The van der Waals surface area contributed by atoms with Crippen molar-refractivity contribution in [1.82, 2.24) is 9.62 Å². The Hall–Kier alpha value is -1.60. The van der Waals surface area contributed by atoms with E-state index >= 15 is 0 Å². The highest BCUT2D eigenvalue weighted by molar-refractivity contribution is 7.89. The number of nitrogens with one attached hydrogen (secondary N) is 1. The van der Waals surface area contributed by atoms with Crippen LogP contribution in [0.15, 0.2) is 23.1 Å². The summed E-state index contributed by atoms with van der Waals surface area (Å²) in [4.78, 5) is 12.3. The number of benzene rings is 1. The van der Waals surface area contributed by atoms with Crippen molar-refractivity contribution in [2.75, 3.05) is 20.2 Å². The number of methoxy groups -OCH3 is 1. The molecule has 1 N–H and O–H groups in total. The molecule has 0 aliphatic carbocycles. The molecule has 6 nitrogen and oxygen atoms in total. The molecule has 0 radical (unpaired) electrons. The molecule has 26 heavy (non-hydrogen) atoms. The van der Waals surface area contributed by atoms with Crippen LogP contribution < -0.4 is 10.1 Å². The SMILES string of the molecule is CC[C@@H](C)NC(=O)CCc1cc(S(=O)(=O)N2CCCCC2)ccc1OC. The smallest absolute Gasteiger partial charge is 0.243 e. The third-order valence-corrected chi connectivity index (χ3v) is 6.74. The fourth-order valence-electron chi connectivity index (χ4n) is 3.06. The van der Waals surface area contributed by atoms with Gasteiger partial charge in [-0.2, -0.15) is 4.31 Å². The highest BCUT2D eigenvalue weighted by Crippen LogP contribution is 2.27. The molecule has 1 atom stereocenters. The monoisotopic (exact) mass is 382 g/mol. The topological polar surface area (TPSA) is 75.7 Å². The molecule has 1 amide bonds. The first kappa shape index (κ1) is 20.7. The molecule has 146 valence electrons. The molecule has 0 bridgehead atoms. The maximum atomic E-state index is 12.9. The van der Waals surface area contributed by atoms with E-state index < -0.39 is 10.0 Å². The predicted octanol–water partition coefficient (Wildman–Crippen LogP) is 2.72. The number of amides is 1. The van der Waals surface area contributed by atoms with Gasteiger partial charge in [0.15, 0.2) is 0 Å². The van der Waals surface area contributed by atoms with Crippen LogP contribution >= 0.6 is 0 Å². The first-order valence-electron chi connectivity index (χ1n) is 9.35. The van der Waals surface area contributed by atoms with Gasteiger partial charge in [-0.25, -0.2) is 8.42 Å². The third kappa shape index (κ3) is 5.20. The molecular formula is C19H30N2O4S. The molecule has 1 fully saturated rings. The summed E-state index contributed by atoms with van der Waals surface area (Å²) < 4.78 is 32.6. The maximum absolute atomic E-state index is 12.9. The highest BCUT2D eigenvalue weighted by Gasteiger charge is 2.26. The minimum absolute atomic E-state index is 0.0364. The molecule has 1 heterocycles. The number of aryl methyl sites for hydroxylation is 1. The average Bonchev–Trinajstić information content (AvgIpc) is 2.66. The number of ether oxygens (including phenoxy) is 1. The van der Waals surface area contributed by atoms with Crippen LogP contribution in [0.4, 0.5) is 0 Å². The molecule has 2 rings (SSSR count). The number of nitrogens with zero attached hydrogens (tertiary/aromatic N) is 1. The van der Waals surface area contributed by atoms with E-state index in [1.807, 2.05) is 13.8 Å². The van der Waals surface area contributed by atoms with Crippen molar-refractivity contribution in [3.8, 4) is 5.75 Å². The lowest BCUT2D eigenvalue weighted by molar-refractivity contribution is -0.121. The zero-order chi connectivity index (χ0) is 19.2. The number of carbonyl (C=O) groups excluding carboxylic acids is 1. The Morgan fingerprint density at radius 2 is 1.96 bits per heavy atom. The van der Waals surface area contributed by atoms with E-state index in [4.69, 9.17) is 4.74 Å². The molecule has 1 aliphatic rings. The summed E-state index contributed by atoms with van der Waals surface area (Å²) in [5.74, 6) is 0.574. The minimum atomic E-state index is -3.49. The number of hydrogen-bond acceptors (Lipinski definition) is 4. The molecule has 1 aromatic rings. The van der Waals surface area contributed by atoms with Crippen molar-refractivity contribution in [2.45, 2.75) is 63.3 Å². The van der Waals surface area contributed by atoms with Crippen molar-refractivity contribution in [3.05, 3.63) is 23.8 Å². The molecule has 1 saturated heterocycles. The summed E-state index contributed by atoms with van der Waals surface area (Å²) in [6.45, 7) is 5.12. The lowest BCUT2D eigenvalue weighted by Crippen LogP contribution is -2.35. The third-order valence-electron chi connectivity index (χ3n) is 4.85. The molecular weight excluding hydrogens is 352 g/mol. The molecule has 0 spiro atoms. The zero-order valence-electron chi connectivity index (χ0n) is 16.0. The Balaban J connectivity index is 2.16. The molecule has 1 aliphatic heterocycles. The van der Waals surface area contributed by atoms with Crippen LogP contribution in [-0.2, 0) is 21.2 Å². The second kappa shape index (κ2) is 9.37. The normalized spacial score (nSPS) is 16.9. The molecule has 0 saturated carbocycles. The number of piperidine rings is 1. The largest absolute Gasteiger partial charge is 0.496 e. The number of sulfonamides is 1. The van der Waals surface area contributed by atoms with Gasteiger partial charge in [0.05, 0.1) is 12.0 Å². The Labute approximate surface area is 157 Å². The Kier molecular flexibility index (Phi) is 7.46. The van der Waals surface area contributed by atoms with E-state index in [2.05, 4.69) is 5.32 Å². The summed E-state index contributed by atoms with van der Waals surface area (Å²) in [5.41, 5.74) is 0.741. The van der Waals surface area contributed by atoms with Gasteiger partial charge in [-0.05, 0) is 56.4 Å². The van der Waals surface area contributed by atoms with Gasteiger partial charge in [0.2, 0.25) is 15.9 Å². The van der Waals surface area contributed by atoms with Crippen LogP contribution in [0.1, 0.15) is 51.5 Å². The van der Waals surface area contributed by atoms with Gasteiger partial charge in [0, 0.05) is 25.6 Å². The Morgan fingerprint density at radius 1 is 1.27 bits per heavy atom. The van der Waals surface area contributed by atoms with Crippen molar-refractivity contribution in [2.24, 2.45) is 0 Å². The van der Waals surface area contributed by atoms with Crippen molar-refractivity contribution < 1.29 is 17.9 Å². The minimum Gasteiger partial charge on any atom is -0.496 e. The van der Waals surface area contributed by atoms with E-state index in [-0.39, 0.29) is 16.8 Å². The molecule has 0 unspecified atom stereocenters. The van der Waals surface area contributed by atoms with Crippen LogP contribution in [0.2, 0.25) is 0 Å². The van der Waals surface area contributed by atoms with Crippen LogP contribution in [0, 0.1) is 0 Å². The van der Waals surface area contributed by atoms with Crippen LogP contribution in [0.5, 0.6) is 5.75 Å². The second-order valence-corrected chi connectivity index (χ2v) is 8.75. The summed E-state index contributed by atoms with van der Waals surface area (Å²) in [7, 11) is -1.94. The van der Waals surface area contributed by atoms with Gasteiger partial charge < -0.3 is 10.1 Å². The highest BCUT2D eigenvalue weighted by atomic mass is 32.2. The van der Waals surface area contributed by atoms with Crippen LogP contribution in [0.3, 0.4) is 0 Å². The van der Waals surface area contributed by atoms with Crippen molar-refractivity contribution >= 4 is 15.9 Å². The fourth-order valence-corrected chi connectivity index (χ4v) is 4.63. The first-order valence-corrected chi connectivity index (χ1v) is 10.8.